The molecule has 0 saturated carbocycles. The Morgan fingerprint density at radius 3 is 2.33 bits per heavy atom. The van der Waals surface area contributed by atoms with E-state index in [1.807, 2.05) is 6.07 Å². The monoisotopic (exact) mass is 402 g/mol. The zero-order valence-corrected chi connectivity index (χ0v) is 16.2. The predicted molar refractivity (Wildman–Crippen MR) is 110 cm³/mol. The zero-order chi connectivity index (χ0) is 21.1. The Hall–Kier alpha value is -3.79. The molecule has 4 rings (SSSR count). The largest absolute Gasteiger partial charge is 0.338 e. The van der Waals surface area contributed by atoms with Crippen molar-refractivity contribution in [1.29, 1.82) is 5.26 Å². The first-order valence-corrected chi connectivity index (χ1v) is 9.77. The molecule has 2 aliphatic rings. The Kier molecular flexibility index (Phi) is 5.40. The number of carbonyl (C=O) groups is 2. The molecule has 1 saturated heterocycles. The molecule has 2 aromatic rings. The summed E-state index contributed by atoms with van der Waals surface area (Å²) in [5.41, 5.74) is 1.75. The molecule has 0 aliphatic carbocycles. The van der Waals surface area contributed by atoms with Crippen LogP contribution in [0.3, 0.4) is 0 Å². The van der Waals surface area contributed by atoms with Crippen LogP contribution in [0.4, 0.5) is 4.39 Å². The molecule has 0 bridgehead atoms. The summed E-state index contributed by atoms with van der Waals surface area (Å²) in [7, 11) is 0. The Morgan fingerprint density at radius 2 is 1.67 bits per heavy atom. The molecule has 6 nitrogen and oxygen atoms in total. The number of benzene rings is 2. The SMILES string of the molecule is N#C/C(C(=O)N1CCCCC1)=C1/N=C(NC(=O)c2ccc(F)cc2)c2ccccc21. The molecule has 150 valence electrons. The van der Waals surface area contributed by atoms with Crippen LogP contribution in [-0.4, -0.2) is 35.6 Å². The maximum Gasteiger partial charge on any atom is 0.266 e. The predicted octanol–water partition coefficient (Wildman–Crippen LogP) is 3.26. The van der Waals surface area contributed by atoms with Crippen molar-refractivity contribution in [3.05, 3.63) is 76.6 Å². The normalized spacial score (nSPS) is 16.9. The summed E-state index contributed by atoms with van der Waals surface area (Å²) in [6, 6.07) is 14.3. The summed E-state index contributed by atoms with van der Waals surface area (Å²) < 4.78 is 13.1. The number of halogens is 1. The molecule has 0 unspecified atom stereocenters. The molecule has 2 aromatic carbocycles. The Bertz CT molecular complexity index is 1110. The minimum atomic E-state index is -0.453. The van der Waals surface area contributed by atoms with E-state index in [0.717, 1.165) is 19.3 Å². The van der Waals surface area contributed by atoms with Gasteiger partial charge in [0.1, 0.15) is 23.3 Å². The third-order valence-electron chi connectivity index (χ3n) is 5.21. The van der Waals surface area contributed by atoms with E-state index >= 15 is 0 Å². The number of fused-ring (bicyclic) bond motifs is 1. The first kappa shape index (κ1) is 19.5. The van der Waals surface area contributed by atoms with Crippen LogP contribution in [0.15, 0.2) is 59.1 Å². The zero-order valence-electron chi connectivity index (χ0n) is 16.2. The number of hydrogen-bond donors (Lipinski definition) is 1. The highest BCUT2D eigenvalue weighted by atomic mass is 19.1. The number of aliphatic imine (C=N–C) groups is 1. The molecule has 0 spiro atoms. The van der Waals surface area contributed by atoms with Crippen LogP contribution in [-0.2, 0) is 4.79 Å². The van der Waals surface area contributed by atoms with Crippen LogP contribution < -0.4 is 5.32 Å². The van der Waals surface area contributed by atoms with E-state index in [2.05, 4.69) is 10.3 Å². The summed E-state index contributed by atoms with van der Waals surface area (Å²) in [6.07, 6.45) is 2.90. The van der Waals surface area contributed by atoms with Gasteiger partial charge in [-0.1, -0.05) is 24.3 Å². The van der Waals surface area contributed by atoms with Crippen LogP contribution in [0.25, 0.3) is 5.70 Å². The smallest absolute Gasteiger partial charge is 0.266 e. The van der Waals surface area contributed by atoms with Crippen LogP contribution in [0.2, 0.25) is 0 Å². The van der Waals surface area contributed by atoms with Crippen molar-refractivity contribution in [1.82, 2.24) is 10.2 Å². The van der Waals surface area contributed by atoms with Gasteiger partial charge in [-0.15, -0.1) is 0 Å². The Balaban J connectivity index is 1.70. The average Bonchev–Trinajstić information content (AvgIpc) is 3.13. The van der Waals surface area contributed by atoms with Crippen molar-refractivity contribution in [2.45, 2.75) is 19.3 Å². The lowest BCUT2D eigenvalue weighted by Crippen LogP contribution is -2.36. The van der Waals surface area contributed by atoms with Crippen LogP contribution in [0.1, 0.15) is 40.7 Å². The van der Waals surface area contributed by atoms with Gasteiger partial charge in [0, 0.05) is 29.8 Å². The molecule has 0 radical (unpaired) electrons. The maximum atomic E-state index is 13.1. The first-order chi connectivity index (χ1) is 14.6. The van der Waals surface area contributed by atoms with E-state index in [0.29, 0.717) is 24.2 Å². The quantitative estimate of drug-likeness (QED) is 0.618. The average molecular weight is 402 g/mol. The van der Waals surface area contributed by atoms with Gasteiger partial charge < -0.3 is 10.2 Å². The minimum absolute atomic E-state index is 0.0321. The third kappa shape index (κ3) is 3.72. The fraction of sp³-hybridized carbons (Fsp3) is 0.217. The molecular formula is C23H19FN4O2. The molecule has 7 heteroatoms. The topological polar surface area (TPSA) is 85.6 Å². The number of amidine groups is 1. The van der Waals surface area contributed by atoms with Gasteiger partial charge >= 0.3 is 0 Å². The summed E-state index contributed by atoms with van der Waals surface area (Å²) in [5, 5.41) is 12.5. The lowest BCUT2D eigenvalue weighted by molar-refractivity contribution is -0.127. The van der Waals surface area contributed by atoms with Crippen molar-refractivity contribution < 1.29 is 14.0 Å². The number of amides is 2. The van der Waals surface area contributed by atoms with E-state index in [-0.39, 0.29) is 28.6 Å². The second-order valence-corrected chi connectivity index (χ2v) is 7.16. The highest BCUT2D eigenvalue weighted by Gasteiger charge is 2.29. The fourth-order valence-electron chi connectivity index (χ4n) is 3.65. The molecule has 1 N–H and O–H groups in total. The summed E-state index contributed by atoms with van der Waals surface area (Å²) in [6.45, 7) is 1.24. The Morgan fingerprint density at radius 1 is 1.00 bits per heavy atom. The molecule has 2 aliphatic heterocycles. The highest BCUT2D eigenvalue weighted by molar-refractivity contribution is 6.20. The maximum absolute atomic E-state index is 13.1. The van der Waals surface area contributed by atoms with Crippen LogP contribution in [0, 0.1) is 17.1 Å². The standard InChI is InChI=1S/C23H19FN4O2/c24-16-10-8-15(9-11-16)22(29)27-21-18-7-3-2-6-17(18)20(26-21)19(14-25)23(30)28-12-4-1-5-13-28/h2-3,6-11H,1,4-5,12-13H2,(H,26,27,29)/b20-19-. The number of piperidine rings is 1. The van der Waals surface area contributed by atoms with Gasteiger partial charge in [-0.2, -0.15) is 5.26 Å². The van der Waals surface area contributed by atoms with E-state index in [9.17, 15) is 19.2 Å². The summed E-state index contributed by atoms with van der Waals surface area (Å²) in [5.74, 6) is -0.966. The Labute approximate surface area is 173 Å². The molecule has 2 amide bonds. The highest BCUT2D eigenvalue weighted by Crippen LogP contribution is 2.31. The van der Waals surface area contributed by atoms with Gasteiger partial charge in [-0.3, -0.25) is 9.59 Å². The molecule has 0 aromatic heterocycles. The molecular weight excluding hydrogens is 383 g/mol. The number of nitrogens with one attached hydrogen (secondary N) is 1. The molecule has 0 atom stereocenters. The molecule has 30 heavy (non-hydrogen) atoms. The van der Waals surface area contributed by atoms with E-state index in [1.165, 1.54) is 24.3 Å². The number of hydrogen-bond acceptors (Lipinski definition) is 4. The van der Waals surface area contributed by atoms with E-state index in [4.69, 9.17) is 0 Å². The molecule has 1 fully saturated rings. The van der Waals surface area contributed by atoms with E-state index < -0.39 is 11.7 Å². The van der Waals surface area contributed by atoms with Crippen molar-refractivity contribution in [3.8, 4) is 6.07 Å². The van der Waals surface area contributed by atoms with E-state index in [1.54, 1.807) is 29.2 Å². The van der Waals surface area contributed by atoms with Gasteiger partial charge in [0.2, 0.25) is 0 Å². The number of nitrogens with zero attached hydrogens (tertiary/aromatic N) is 3. The number of nitriles is 1. The number of carbonyl (C=O) groups excluding carboxylic acids is 2. The van der Waals surface area contributed by atoms with Crippen molar-refractivity contribution in [3.63, 3.8) is 0 Å². The van der Waals surface area contributed by atoms with Gasteiger partial charge in [0.05, 0.1) is 5.70 Å². The van der Waals surface area contributed by atoms with Gasteiger partial charge in [-0.25, -0.2) is 9.38 Å². The van der Waals surface area contributed by atoms with Gasteiger partial charge in [0.25, 0.3) is 11.8 Å². The second-order valence-electron chi connectivity index (χ2n) is 7.16. The number of rotatable bonds is 2. The van der Waals surface area contributed by atoms with Crippen LogP contribution in [0.5, 0.6) is 0 Å². The van der Waals surface area contributed by atoms with Crippen molar-refractivity contribution >= 4 is 23.3 Å². The minimum Gasteiger partial charge on any atom is -0.338 e. The fourth-order valence-corrected chi connectivity index (χ4v) is 3.65. The second kappa shape index (κ2) is 8.29. The lowest BCUT2D eigenvalue weighted by Gasteiger charge is -2.26. The van der Waals surface area contributed by atoms with Gasteiger partial charge in [0.15, 0.2) is 0 Å². The first-order valence-electron chi connectivity index (χ1n) is 9.77. The van der Waals surface area contributed by atoms with Crippen molar-refractivity contribution in [2.24, 2.45) is 4.99 Å². The third-order valence-corrected chi connectivity index (χ3v) is 5.21. The lowest BCUT2D eigenvalue weighted by atomic mass is 10.0. The van der Waals surface area contributed by atoms with Gasteiger partial charge in [-0.05, 0) is 43.5 Å². The summed E-state index contributed by atoms with van der Waals surface area (Å²) >= 11 is 0. The number of likely N-dealkylation sites (tertiary alicyclic amines) is 1. The molecule has 2 heterocycles. The summed E-state index contributed by atoms with van der Waals surface area (Å²) in [4.78, 5) is 31.7. The van der Waals surface area contributed by atoms with Crippen molar-refractivity contribution in [2.75, 3.05) is 13.1 Å². The van der Waals surface area contributed by atoms with Crippen LogP contribution >= 0.6 is 0 Å².